The van der Waals surface area contributed by atoms with Gasteiger partial charge in [0.1, 0.15) is 6.07 Å². The van der Waals surface area contributed by atoms with Gasteiger partial charge in [-0.3, -0.25) is 0 Å². The van der Waals surface area contributed by atoms with Crippen molar-refractivity contribution in [2.75, 3.05) is 0 Å². The van der Waals surface area contributed by atoms with E-state index in [1.807, 2.05) is 6.07 Å². The van der Waals surface area contributed by atoms with Crippen molar-refractivity contribution < 1.29 is 15.1 Å². The molecule has 4 nitrogen and oxygen atoms in total. The quantitative estimate of drug-likeness (QED) is 0.520. The molecule has 0 aliphatic carbocycles. The van der Waals surface area contributed by atoms with Gasteiger partial charge in [0.25, 0.3) is 0 Å². The van der Waals surface area contributed by atoms with Crippen molar-refractivity contribution >= 4 is 18.9 Å². The molecule has 0 heterocycles. The number of rotatable bonds is 0. The van der Waals surface area contributed by atoms with Crippen LogP contribution in [0.1, 0.15) is 5.56 Å². The molecule has 0 atom stereocenters. The fourth-order valence-corrected chi connectivity index (χ4v) is 0.730. The fraction of sp³-hybridized carbons (Fsp3) is 0. The molecule has 6 heteroatoms. The molecule has 0 unspecified atom stereocenters. The standard InChI is InChI=1S/C7H4ClN.BH3O3/c8-7-4-2-1-3-6(7)5-9;2-1(3)4/h1-4H;2-4H. The van der Waals surface area contributed by atoms with E-state index in [1.165, 1.54) is 0 Å². The molecule has 0 amide bonds. The van der Waals surface area contributed by atoms with Crippen LogP contribution in [0.25, 0.3) is 0 Å². The third kappa shape index (κ3) is 6.14. The molecule has 0 saturated heterocycles. The Balaban J connectivity index is 0.000000310. The summed E-state index contributed by atoms with van der Waals surface area (Å²) in [6.07, 6.45) is 0. The summed E-state index contributed by atoms with van der Waals surface area (Å²) < 4.78 is 0. The second-order valence-corrected chi connectivity index (χ2v) is 2.35. The molecule has 0 aliphatic heterocycles. The number of benzene rings is 1. The Kier molecular flexibility index (Phi) is 5.94. The van der Waals surface area contributed by atoms with Crippen LogP contribution in [0.5, 0.6) is 0 Å². The number of hydrogen-bond donors (Lipinski definition) is 3. The van der Waals surface area contributed by atoms with E-state index < -0.39 is 7.32 Å². The van der Waals surface area contributed by atoms with Crippen LogP contribution in [-0.2, 0) is 0 Å². The van der Waals surface area contributed by atoms with Crippen molar-refractivity contribution in [3.8, 4) is 6.07 Å². The molecule has 0 fully saturated rings. The molecule has 0 aromatic heterocycles. The van der Waals surface area contributed by atoms with Crippen molar-refractivity contribution in [2.45, 2.75) is 0 Å². The highest BCUT2D eigenvalue weighted by Crippen LogP contribution is 2.12. The summed E-state index contributed by atoms with van der Waals surface area (Å²) >= 11 is 5.60. The summed E-state index contributed by atoms with van der Waals surface area (Å²) in [7, 11) is -2.17. The lowest BCUT2D eigenvalue weighted by Gasteiger charge is -1.88. The first-order valence-electron chi connectivity index (χ1n) is 3.26. The van der Waals surface area contributed by atoms with Crippen molar-refractivity contribution in [3.63, 3.8) is 0 Å². The van der Waals surface area contributed by atoms with Crippen LogP contribution < -0.4 is 0 Å². The third-order valence-electron chi connectivity index (χ3n) is 0.994. The Morgan fingerprint density at radius 3 is 2.00 bits per heavy atom. The molecule has 13 heavy (non-hydrogen) atoms. The molecule has 1 rings (SSSR count). The molecule has 68 valence electrons. The van der Waals surface area contributed by atoms with E-state index in [0.29, 0.717) is 10.6 Å². The van der Waals surface area contributed by atoms with Crippen LogP contribution >= 0.6 is 11.6 Å². The topological polar surface area (TPSA) is 84.5 Å². The molecule has 0 bridgehead atoms. The summed E-state index contributed by atoms with van der Waals surface area (Å²) in [5, 5.41) is 30.4. The van der Waals surface area contributed by atoms with Crippen molar-refractivity contribution in [2.24, 2.45) is 0 Å². The van der Waals surface area contributed by atoms with E-state index in [2.05, 4.69) is 0 Å². The maximum absolute atomic E-state index is 8.38. The zero-order valence-electron chi connectivity index (χ0n) is 6.55. The van der Waals surface area contributed by atoms with Crippen LogP contribution in [0.4, 0.5) is 0 Å². The summed E-state index contributed by atoms with van der Waals surface area (Å²) in [4.78, 5) is 0. The Bertz CT molecular complexity index is 297. The lowest BCUT2D eigenvalue weighted by atomic mass is 10.2. The molecule has 1 aromatic rings. The predicted molar refractivity (Wildman–Crippen MR) is 48.6 cm³/mol. The Morgan fingerprint density at radius 1 is 1.23 bits per heavy atom. The van der Waals surface area contributed by atoms with Gasteiger partial charge >= 0.3 is 7.32 Å². The normalized spacial score (nSPS) is 7.92. The van der Waals surface area contributed by atoms with Crippen LogP contribution in [0, 0.1) is 11.3 Å². The summed E-state index contributed by atoms with van der Waals surface area (Å²) in [5.41, 5.74) is 0.527. The maximum Gasteiger partial charge on any atom is 0.631 e. The highest BCUT2D eigenvalue weighted by molar-refractivity contribution is 6.31. The molecule has 0 saturated carbocycles. The SMILES string of the molecule is N#Cc1ccccc1Cl.OB(O)O. The van der Waals surface area contributed by atoms with Gasteiger partial charge in [-0.1, -0.05) is 23.7 Å². The zero-order valence-corrected chi connectivity index (χ0v) is 7.31. The van der Waals surface area contributed by atoms with Gasteiger partial charge in [-0.2, -0.15) is 5.26 Å². The number of nitrogens with zero attached hydrogens (tertiary/aromatic N) is 1. The summed E-state index contributed by atoms with van der Waals surface area (Å²) in [6.45, 7) is 0. The average molecular weight is 199 g/mol. The number of nitriles is 1. The van der Waals surface area contributed by atoms with E-state index >= 15 is 0 Å². The first kappa shape index (κ1) is 11.9. The third-order valence-corrected chi connectivity index (χ3v) is 1.32. The molecule has 0 radical (unpaired) electrons. The van der Waals surface area contributed by atoms with E-state index in [9.17, 15) is 0 Å². The molecule has 0 aliphatic rings. The number of hydrogen-bond acceptors (Lipinski definition) is 4. The van der Waals surface area contributed by atoms with Crippen molar-refractivity contribution in [1.29, 1.82) is 5.26 Å². The van der Waals surface area contributed by atoms with E-state index in [1.54, 1.807) is 24.3 Å². The largest absolute Gasteiger partial charge is 0.631 e. The van der Waals surface area contributed by atoms with Gasteiger partial charge in [0.05, 0.1) is 10.6 Å². The smallest absolute Gasteiger partial charge is 0.402 e. The van der Waals surface area contributed by atoms with E-state index in [-0.39, 0.29) is 0 Å². The second-order valence-electron chi connectivity index (χ2n) is 1.94. The Hall–Kier alpha value is -1.06. The second kappa shape index (κ2) is 6.46. The minimum atomic E-state index is -2.17. The molecule has 1 aromatic carbocycles. The van der Waals surface area contributed by atoms with Gasteiger partial charge in [0.2, 0.25) is 0 Å². The van der Waals surface area contributed by atoms with Crippen molar-refractivity contribution in [3.05, 3.63) is 34.9 Å². The number of halogens is 1. The zero-order chi connectivity index (χ0) is 10.3. The lowest BCUT2D eigenvalue weighted by Crippen LogP contribution is -2.07. The molecule has 0 spiro atoms. The highest BCUT2D eigenvalue weighted by Gasteiger charge is 1.93. The van der Waals surface area contributed by atoms with Gasteiger partial charge in [0, 0.05) is 0 Å². The van der Waals surface area contributed by atoms with Gasteiger partial charge in [-0.05, 0) is 12.1 Å². The van der Waals surface area contributed by atoms with E-state index in [4.69, 9.17) is 31.9 Å². The van der Waals surface area contributed by atoms with Crippen LogP contribution in [0.3, 0.4) is 0 Å². The predicted octanol–water partition coefficient (Wildman–Crippen LogP) is 0.160. The molecular weight excluding hydrogens is 192 g/mol. The Labute approximate surface area is 80.8 Å². The molecule has 3 N–H and O–H groups in total. The van der Waals surface area contributed by atoms with Gasteiger partial charge in [-0.25, -0.2) is 0 Å². The summed E-state index contributed by atoms with van der Waals surface area (Å²) in [5.74, 6) is 0. The fourth-order valence-electron chi connectivity index (χ4n) is 0.552. The van der Waals surface area contributed by atoms with E-state index in [0.717, 1.165) is 0 Å². The van der Waals surface area contributed by atoms with Crippen molar-refractivity contribution in [1.82, 2.24) is 0 Å². The monoisotopic (exact) mass is 199 g/mol. The van der Waals surface area contributed by atoms with Gasteiger partial charge in [0.15, 0.2) is 0 Å². The highest BCUT2D eigenvalue weighted by atomic mass is 35.5. The first-order chi connectivity index (χ1) is 6.07. The minimum absolute atomic E-state index is 0.514. The lowest BCUT2D eigenvalue weighted by molar-refractivity contribution is 0.278. The van der Waals surface area contributed by atoms with Gasteiger partial charge < -0.3 is 15.1 Å². The van der Waals surface area contributed by atoms with Crippen LogP contribution in [0.15, 0.2) is 24.3 Å². The van der Waals surface area contributed by atoms with Crippen LogP contribution in [-0.4, -0.2) is 22.4 Å². The first-order valence-corrected chi connectivity index (χ1v) is 3.64. The maximum atomic E-state index is 8.38. The molecular formula is C7H7BClNO3. The minimum Gasteiger partial charge on any atom is -0.402 e. The average Bonchev–Trinajstić information content (AvgIpc) is 2.04. The Morgan fingerprint density at radius 2 is 1.69 bits per heavy atom. The summed E-state index contributed by atoms with van der Waals surface area (Å²) in [6, 6.07) is 8.92. The van der Waals surface area contributed by atoms with Crippen LogP contribution in [0.2, 0.25) is 5.02 Å². The van der Waals surface area contributed by atoms with Gasteiger partial charge in [-0.15, -0.1) is 0 Å².